The van der Waals surface area contributed by atoms with Crippen molar-refractivity contribution < 1.29 is 9.59 Å². The largest absolute Gasteiger partial charge is 0.339 e. The van der Waals surface area contributed by atoms with Crippen LogP contribution < -0.4 is 15.5 Å². The summed E-state index contributed by atoms with van der Waals surface area (Å²) in [6, 6.07) is 17.1. The SMILES string of the molecule is Cc1ccc(NC(=O)CC2CC(C#N)=C3Nc4ccccc4N3C2=O)cc1. The summed E-state index contributed by atoms with van der Waals surface area (Å²) in [4.78, 5) is 27.0. The van der Waals surface area contributed by atoms with Gasteiger partial charge in [-0.3, -0.25) is 14.5 Å². The zero-order valence-electron chi connectivity index (χ0n) is 14.8. The predicted molar refractivity (Wildman–Crippen MR) is 103 cm³/mol. The highest BCUT2D eigenvalue weighted by atomic mass is 16.2. The molecular weight excluding hydrogens is 340 g/mol. The van der Waals surface area contributed by atoms with Gasteiger partial charge >= 0.3 is 0 Å². The van der Waals surface area contributed by atoms with Gasteiger partial charge in [-0.05, 0) is 37.6 Å². The Kier molecular flexibility index (Phi) is 4.13. The van der Waals surface area contributed by atoms with Gasteiger partial charge in [0, 0.05) is 12.1 Å². The Bertz CT molecular complexity index is 1000. The quantitative estimate of drug-likeness (QED) is 0.879. The first-order valence-electron chi connectivity index (χ1n) is 8.76. The number of carbonyl (C=O) groups is 2. The van der Waals surface area contributed by atoms with Gasteiger partial charge in [-0.1, -0.05) is 29.8 Å². The van der Waals surface area contributed by atoms with Gasteiger partial charge in [0.05, 0.1) is 28.9 Å². The molecule has 0 aromatic heterocycles. The minimum atomic E-state index is -0.568. The number of hydrogen-bond donors (Lipinski definition) is 2. The van der Waals surface area contributed by atoms with Crippen molar-refractivity contribution in [3.05, 3.63) is 65.5 Å². The molecule has 1 atom stereocenters. The summed E-state index contributed by atoms with van der Waals surface area (Å²) in [5.41, 5.74) is 3.79. The summed E-state index contributed by atoms with van der Waals surface area (Å²) in [6.07, 6.45) is 0.285. The van der Waals surface area contributed by atoms with Crippen molar-refractivity contribution in [2.75, 3.05) is 15.5 Å². The molecule has 0 saturated carbocycles. The molecule has 134 valence electrons. The molecular formula is C21H18N4O2. The van der Waals surface area contributed by atoms with Crippen molar-refractivity contribution in [2.45, 2.75) is 19.8 Å². The van der Waals surface area contributed by atoms with Crippen molar-refractivity contribution in [3.8, 4) is 6.07 Å². The Morgan fingerprint density at radius 2 is 2.00 bits per heavy atom. The van der Waals surface area contributed by atoms with Gasteiger partial charge in [-0.2, -0.15) is 5.26 Å². The van der Waals surface area contributed by atoms with Crippen LogP contribution in [0.25, 0.3) is 0 Å². The second kappa shape index (κ2) is 6.61. The van der Waals surface area contributed by atoms with Gasteiger partial charge in [0.2, 0.25) is 11.8 Å². The summed E-state index contributed by atoms with van der Waals surface area (Å²) in [6.45, 7) is 1.97. The Morgan fingerprint density at radius 3 is 2.74 bits per heavy atom. The fourth-order valence-electron chi connectivity index (χ4n) is 3.46. The average molecular weight is 358 g/mol. The van der Waals surface area contributed by atoms with Crippen molar-refractivity contribution in [2.24, 2.45) is 5.92 Å². The molecule has 2 aliphatic rings. The number of allylic oxidation sites excluding steroid dienone is 1. The number of nitriles is 1. The highest BCUT2D eigenvalue weighted by Crippen LogP contribution is 2.42. The first kappa shape index (κ1) is 16.9. The van der Waals surface area contributed by atoms with Gasteiger partial charge in [0.15, 0.2) is 0 Å². The molecule has 27 heavy (non-hydrogen) atoms. The van der Waals surface area contributed by atoms with Gasteiger partial charge in [0.1, 0.15) is 5.82 Å². The molecule has 2 heterocycles. The summed E-state index contributed by atoms with van der Waals surface area (Å²) in [5.74, 6) is -0.459. The van der Waals surface area contributed by atoms with Crippen LogP contribution in [-0.2, 0) is 9.59 Å². The molecule has 2 aliphatic heterocycles. The van der Waals surface area contributed by atoms with Crippen molar-refractivity contribution in [1.29, 1.82) is 5.26 Å². The van der Waals surface area contributed by atoms with E-state index in [0.29, 0.717) is 22.8 Å². The van der Waals surface area contributed by atoms with Crippen LogP contribution in [0.3, 0.4) is 0 Å². The van der Waals surface area contributed by atoms with Gasteiger partial charge in [0.25, 0.3) is 0 Å². The molecule has 0 aliphatic carbocycles. The molecule has 2 aromatic rings. The van der Waals surface area contributed by atoms with E-state index in [-0.39, 0.29) is 24.7 Å². The van der Waals surface area contributed by atoms with E-state index in [1.165, 1.54) is 4.90 Å². The zero-order valence-corrected chi connectivity index (χ0v) is 14.8. The van der Waals surface area contributed by atoms with E-state index in [9.17, 15) is 14.9 Å². The normalized spacial score (nSPS) is 17.7. The third kappa shape index (κ3) is 3.04. The smallest absolute Gasteiger partial charge is 0.236 e. The van der Waals surface area contributed by atoms with Crippen molar-refractivity contribution in [1.82, 2.24) is 0 Å². The standard InChI is InChI=1S/C21H18N4O2/c1-13-6-8-16(9-7-13)23-19(26)11-14-10-15(12-22)20-24-17-4-2-3-5-18(17)25(20)21(14)27/h2-9,14,24H,10-11H2,1H3,(H,23,26). The molecule has 0 spiro atoms. The van der Waals surface area contributed by atoms with Crippen LogP contribution in [0.15, 0.2) is 59.9 Å². The third-order valence-electron chi connectivity index (χ3n) is 4.83. The molecule has 4 rings (SSSR count). The van der Waals surface area contributed by atoms with E-state index in [4.69, 9.17) is 0 Å². The lowest BCUT2D eigenvalue weighted by atomic mass is 9.91. The highest BCUT2D eigenvalue weighted by molar-refractivity contribution is 6.08. The first-order valence-corrected chi connectivity index (χ1v) is 8.76. The van der Waals surface area contributed by atoms with Gasteiger partial charge in [-0.15, -0.1) is 0 Å². The molecule has 6 nitrogen and oxygen atoms in total. The molecule has 0 bridgehead atoms. The maximum atomic E-state index is 13.0. The predicted octanol–water partition coefficient (Wildman–Crippen LogP) is 3.54. The number of hydrogen-bond acceptors (Lipinski definition) is 4. The van der Waals surface area contributed by atoms with Crippen molar-refractivity contribution in [3.63, 3.8) is 0 Å². The number of benzene rings is 2. The fraction of sp³-hybridized carbons (Fsp3) is 0.190. The number of nitrogens with one attached hydrogen (secondary N) is 2. The van der Waals surface area contributed by atoms with E-state index < -0.39 is 5.92 Å². The Balaban J connectivity index is 1.55. The molecule has 1 unspecified atom stereocenters. The molecule has 0 fully saturated rings. The molecule has 2 aromatic carbocycles. The summed E-state index contributed by atoms with van der Waals surface area (Å²) in [7, 11) is 0. The van der Waals surface area contributed by atoms with E-state index in [0.717, 1.165) is 11.3 Å². The fourth-order valence-corrected chi connectivity index (χ4v) is 3.46. The van der Waals surface area contributed by atoms with E-state index in [1.807, 2.05) is 55.5 Å². The number of para-hydroxylation sites is 2. The first-order chi connectivity index (χ1) is 13.1. The Hall–Kier alpha value is -3.59. The number of fused-ring (bicyclic) bond motifs is 3. The Labute approximate surface area is 157 Å². The number of anilines is 3. The zero-order chi connectivity index (χ0) is 19.0. The van der Waals surface area contributed by atoms with Gasteiger partial charge in [-0.25, -0.2) is 0 Å². The number of rotatable bonds is 3. The third-order valence-corrected chi connectivity index (χ3v) is 4.83. The van der Waals surface area contributed by atoms with Crippen LogP contribution in [0.5, 0.6) is 0 Å². The highest BCUT2D eigenvalue weighted by Gasteiger charge is 2.40. The summed E-state index contributed by atoms with van der Waals surface area (Å²) < 4.78 is 0. The second-order valence-electron chi connectivity index (χ2n) is 6.77. The number of aryl methyl sites for hydroxylation is 1. The minimum Gasteiger partial charge on any atom is -0.339 e. The lowest BCUT2D eigenvalue weighted by Crippen LogP contribution is -2.40. The van der Waals surface area contributed by atoms with E-state index in [2.05, 4.69) is 16.7 Å². The van der Waals surface area contributed by atoms with Crippen LogP contribution in [0.2, 0.25) is 0 Å². The second-order valence-corrected chi connectivity index (χ2v) is 6.77. The van der Waals surface area contributed by atoms with Crippen LogP contribution in [0.4, 0.5) is 17.1 Å². The molecule has 2 amide bonds. The topological polar surface area (TPSA) is 85.2 Å². The average Bonchev–Trinajstić information content (AvgIpc) is 3.06. The minimum absolute atomic E-state index is 0.0316. The molecule has 0 saturated heterocycles. The summed E-state index contributed by atoms with van der Waals surface area (Å²) in [5, 5.41) is 15.5. The maximum absolute atomic E-state index is 13.0. The van der Waals surface area contributed by atoms with Gasteiger partial charge < -0.3 is 10.6 Å². The lowest BCUT2D eigenvalue weighted by Gasteiger charge is -2.29. The molecule has 0 radical (unpaired) electrons. The number of amides is 2. The summed E-state index contributed by atoms with van der Waals surface area (Å²) >= 11 is 0. The Morgan fingerprint density at radius 1 is 1.26 bits per heavy atom. The van der Waals surface area contributed by atoms with E-state index in [1.54, 1.807) is 0 Å². The monoisotopic (exact) mass is 358 g/mol. The maximum Gasteiger partial charge on any atom is 0.236 e. The van der Waals surface area contributed by atoms with Crippen LogP contribution in [0, 0.1) is 24.2 Å². The van der Waals surface area contributed by atoms with Crippen LogP contribution in [0.1, 0.15) is 18.4 Å². The van der Waals surface area contributed by atoms with Crippen LogP contribution in [-0.4, -0.2) is 11.8 Å². The van der Waals surface area contributed by atoms with E-state index >= 15 is 0 Å². The molecule has 2 N–H and O–H groups in total. The number of carbonyl (C=O) groups excluding carboxylic acids is 2. The molecule has 6 heteroatoms. The van der Waals surface area contributed by atoms with Crippen LogP contribution >= 0.6 is 0 Å². The van der Waals surface area contributed by atoms with Crippen molar-refractivity contribution >= 4 is 28.9 Å². The lowest BCUT2D eigenvalue weighted by molar-refractivity contribution is -0.126. The number of nitrogens with zero attached hydrogens (tertiary/aromatic N) is 2.